The summed E-state index contributed by atoms with van der Waals surface area (Å²) in [4.78, 5) is 25.1. The highest BCUT2D eigenvalue weighted by atomic mass is 127. The molecule has 2 N–H and O–H groups in total. The van der Waals surface area contributed by atoms with Gasteiger partial charge in [0.15, 0.2) is 5.96 Å². The quantitative estimate of drug-likeness (QED) is 0.229. The number of esters is 1. The van der Waals surface area contributed by atoms with Crippen molar-refractivity contribution in [2.24, 2.45) is 4.99 Å². The molecule has 0 aliphatic rings. The Morgan fingerprint density at radius 1 is 1.41 bits per heavy atom. The lowest BCUT2D eigenvalue weighted by Crippen LogP contribution is -2.38. The van der Waals surface area contributed by atoms with Crippen LogP contribution in [0.3, 0.4) is 0 Å². The number of carbonyl (C=O) groups is 1. The maximum absolute atomic E-state index is 12.9. The number of imidazole rings is 1. The van der Waals surface area contributed by atoms with Gasteiger partial charge in [-0.25, -0.2) is 19.8 Å². The van der Waals surface area contributed by atoms with Crippen LogP contribution in [0.5, 0.6) is 0 Å². The van der Waals surface area contributed by atoms with E-state index in [0.717, 1.165) is 4.57 Å². The van der Waals surface area contributed by atoms with Gasteiger partial charge in [0.25, 0.3) is 0 Å². The molecule has 0 radical (unpaired) electrons. The van der Waals surface area contributed by atoms with E-state index in [1.807, 2.05) is 13.8 Å². The van der Waals surface area contributed by atoms with Crippen molar-refractivity contribution >= 4 is 47.2 Å². The Balaban J connectivity index is 0.00000420. The number of aliphatic imine (C=N–C) groups is 1. The van der Waals surface area contributed by atoms with Crippen LogP contribution in [0.4, 0.5) is 8.78 Å². The molecule has 2 aromatic rings. The predicted octanol–water partition coefficient (Wildman–Crippen LogP) is 3.65. The second kappa shape index (κ2) is 12.0. The van der Waals surface area contributed by atoms with E-state index in [2.05, 4.69) is 25.6 Å². The Morgan fingerprint density at radius 3 is 2.76 bits per heavy atom. The number of guanidine groups is 1. The minimum atomic E-state index is -2.67. The summed E-state index contributed by atoms with van der Waals surface area (Å²) in [6.45, 7) is 5.48. The fraction of sp³-hybridized carbons (Fsp3) is 0.529. The topological polar surface area (TPSA) is 93.4 Å². The second-order valence-corrected chi connectivity index (χ2v) is 6.81. The third-order valence-electron chi connectivity index (χ3n) is 3.68. The maximum Gasteiger partial charge on any atom is 0.350 e. The summed E-state index contributed by atoms with van der Waals surface area (Å²) in [6.07, 6.45) is 2.53. The summed E-state index contributed by atoms with van der Waals surface area (Å²) in [6, 6.07) is -0.250. The Hall–Kier alpha value is -1.83. The molecule has 12 heteroatoms. The number of thiazole rings is 1. The zero-order chi connectivity index (χ0) is 20.7. The number of alkyl halides is 2. The molecule has 0 spiro atoms. The zero-order valence-electron chi connectivity index (χ0n) is 16.6. The van der Waals surface area contributed by atoms with Crippen LogP contribution in [0.25, 0.3) is 0 Å². The molecule has 2 rings (SSSR count). The Labute approximate surface area is 189 Å². The molecule has 0 fully saturated rings. The third-order valence-corrected chi connectivity index (χ3v) is 5.00. The highest BCUT2D eigenvalue weighted by Gasteiger charge is 2.20. The van der Waals surface area contributed by atoms with Crippen LogP contribution in [0.2, 0.25) is 0 Å². The number of halogens is 3. The van der Waals surface area contributed by atoms with Gasteiger partial charge in [-0.3, -0.25) is 4.57 Å². The van der Waals surface area contributed by atoms with Crippen molar-refractivity contribution in [3.63, 3.8) is 0 Å². The van der Waals surface area contributed by atoms with Crippen molar-refractivity contribution in [3.05, 3.63) is 33.8 Å². The van der Waals surface area contributed by atoms with Gasteiger partial charge >= 0.3 is 12.5 Å². The van der Waals surface area contributed by atoms with E-state index < -0.39 is 12.5 Å². The molecular formula is C17H25F2IN6O2S. The predicted molar refractivity (Wildman–Crippen MR) is 118 cm³/mol. The molecule has 0 saturated carbocycles. The molecule has 1 atom stereocenters. The van der Waals surface area contributed by atoms with Gasteiger partial charge in [0, 0.05) is 18.9 Å². The fourth-order valence-corrected chi connectivity index (χ4v) is 3.33. The molecule has 0 saturated heterocycles. The maximum atomic E-state index is 12.9. The van der Waals surface area contributed by atoms with E-state index in [4.69, 9.17) is 4.74 Å². The molecule has 1 unspecified atom stereocenters. The molecule has 0 aliphatic heterocycles. The number of hydrogen-bond acceptors (Lipinski definition) is 6. The van der Waals surface area contributed by atoms with E-state index in [-0.39, 0.29) is 42.4 Å². The van der Waals surface area contributed by atoms with Gasteiger partial charge in [0.1, 0.15) is 22.3 Å². The lowest BCUT2D eigenvalue weighted by Gasteiger charge is -2.16. The Morgan fingerprint density at radius 2 is 2.14 bits per heavy atom. The van der Waals surface area contributed by atoms with Gasteiger partial charge < -0.3 is 15.4 Å². The third kappa shape index (κ3) is 6.87. The average molecular weight is 542 g/mol. The molecule has 8 nitrogen and oxygen atoms in total. The van der Waals surface area contributed by atoms with Crippen LogP contribution in [0.15, 0.2) is 17.4 Å². The van der Waals surface area contributed by atoms with Crippen LogP contribution in [0.1, 0.15) is 59.6 Å². The van der Waals surface area contributed by atoms with E-state index in [1.54, 1.807) is 13.8 Å². The average Bonchev–Trinajstić information content (AvgIpc) is 3.26. The smallest absolute Gasteiger partial charge is 0.350 e. The first-order valence-electron chi connectivity index (χ1n) is 8.86. The first-order chi connectivity index (χ1) is 13.4. The number of ether oxygens (including phenoxy) is 1. The van der Waals surface area contributed by atoms with Crippen molar-refractivity contribution in [2.75, 3.05) is 13.2 Å². The van der Waals surface area contributed by atoms with Gasteiger partial charge in [-0.15, -0.1) is 35.3 Å². The van der Waals surface area contributed by atoms with Crippen molar-refractivity contribution in [2.45, 2.75) is 46.8 Å². The standard InChI is InChI=1S/C17H24F2N6O2S.HI/c1-5-20-17(22-9-12-21-7-8-25(12)16(18)19)24-11(4)14-23-10(3)13(28-14)15(26)27-6-2;/h7-8,11,16H,5-6,9H2,1-4H3,(H2,20,22,24);1H. The van der Waals surface area contributed by atoms with Crippen LogP contribution in [-0.4, -0.2) is 39.6 Å². The van der Waals surface area contributed by atoms with Gasteiger partial charge in [0.2, 0.25) is 0 Å². The Kier molecular flexibility index (Phi) is 10.4. The highest BCUT2D eigenvalue weighted by Crippen LogP contribution is 2.24. The summed E-state index contributed by atoms with van der Waals surface area (Å²) in [5.41, 5.74) is 0.605. The summed E-state index contributed by atoms with van der Waals surface area (Å²) in [5, 5.41) is 6.92. The molecule has 0 bridgehead atoms. The van der Waals surface area contributed by atoms with Gasteiger partial charge in [-0.05, 0) is 27.7 Å². The number of nitrogens with one attached hydrogen (secondary N) is 2. The van der Waals surface area contributed by atoms with Crippen molar-refractivity contribution in [3.8, 4) is 0 Å². The molecule has 0 aliphatic carbocycles. The monoisotopic (exact) mass is 542 g/mol. The number of aromatic nitrogens is 3. The summed E-state index contributed by atoms with van der Waals surface area (Å²) >= 11 is 1.25. The number of nitrogens with zero attached hydrogens (tertiary/aromatic N) is 4. The summed E-state index contributed by atoms with van der Waals surface area (Å²) in [7, 11) is 0. The lowest BCUT2D eigenvalue weighted by molar-refractivity contribution is 0.0530. The second-order valence-electron chi connectivity index (χ2n) is 5.78. The number of hydrogen-bond donors (Lipinski definition) is 2. The molecule has 29 heavy (non-hydrogen) atoms. The van der Waals surface area contributed by atoms with Gasteiger partial charge in [0.05, 0.1) is 18.3 Å². The fourth-order valence-electron chi connectivity index (χ4n) is 2.37. The molecule has 2 heterocycles. The molecule has 0 aromatic carbocycles. The number of aryl methyl sites for hydroxylation is 1. The van der Waals surface area contributed by atoms with Crippen LogP contribution >= 0.6 is 35.3 Å². The van der Waals surface area contributed by atoms with E-state index in [0.29, 0.717) is 34.7 Å². The van der Waals surface area contributed by atoms with E-state index in [9.17, 15) is 13.6 Å². The molecular weight excluding hydrogens is 517 g/mol. The van der Waals surface area contributed by atoms with E-state index >= 15 is 0 Å². The summed E-state index contributed by atoms with van der Waals surface area (Å²) < 4.78 is 31.7. The van der Waals surface area contributed by atoms with Crippen LogP contribution in [-0.2, 0) is 11.3 Å². The van der Waals surface area contributed by atoms with Crippen molar-refractivity contribution in [1.29, 1.82) is 0 Å². The largest absolute Gasteiger partial charge is 0.462 e. The number of rotatable bonds is 8. The van der Waals surface area contributed by atoms with Crippen LogP contribution < -0.4 is 10.6 Å². The molecule has 0 amide bonds. The van der Waals surface area contributed by atoms with Gasteiger partial charge in [-0.2, -0.15) is 8.78 Å². The minimum absolute atomic E-state index is 0. The normalized spacial score (nSPS) is 12.4. The molecule has 2 aromatic heterocycles. The summed E-state index contributed by atoms with van der Waals surface area (Å²) in [5.74, 6) is 0.203. The van der Waals surface area contributed by atoms with Crippen molar-refractivity contribution in [1.82, 2.24) is 25.2 Å². The van der Waals surface area contributed by atoms with Crippen LogP contribution in [0, 0.1) is 6.92 Å². The molecule has 162 valence electrons. The lowest BCUT2D eigenvalue weighted by atomic mass is 10.3. The zero-order valence-corrected chi connectivity index (χ0v) is 19.8. The minimum Gasteiger partial charge on any atom is -0.462 e. The first kappa shape index (κ1) is 25.2. The first-order valence-corrected chi connectivity index (χ1v) is 9.68. The highest BCUT2D eigenvalue weighted by molar-refractivity contribution is 14.0. The van der Waals surface area contributed by atoms with Crippen molar-refractivity contribution < 1.29 is 18.3 Å². The van der Waals surface area contributed by atoms with E-state index in [1.165, 1.54) is 23.7 Å². The van der Waals surface area contributed by atoms with Gasteiger partial charge in [-0.1, -0.05) is 0 Å². The SMILES string of the molecule is CCNC(=NCc1nccn1C(F)F)NC(C)c1nc(C)c(C(=O)OCC)s1.I. The number of carbonyl (C=O) groups excluding carboxylic acids is 1. The Bertz CT molecular complexity index is 827.